The van der Waals surface area contributed by atoms with Crippen LogP contribution in [0, 0.1) is 23.7 Å². The molecule has 0 spiro atoms. The van der Waals surface area contributed by atoms with Gasteiger partial charge in [0.2, 0.25) is 0 Å². The second kappa shape index (κ2) is 7.64. The summed E-state index contributed by atoms with van der Waals surface area (Å²) in [5.74, 6) is -1.64. The molecule has 0 aliphatic heterocycles. The summed E-state index contributed by atoms with van der Waals surface area (Å²) in [6.07, 6.45) is 10.7. The van der Waals surface area contributed by atoms with Crippen LogP contribution in [0.4, 0.5) is 0 Å². The first-order valence-corrected chi connectivity index (χ1v) is 8.61. The summed E-state index contributed by atoms with van der Waals surface area (Å²) < 4.78 is 9.95. The van der Waals surface area contributed by atoms with E-state index in [0.717, 1.165) is 24.1 Å². The van der Waals surface area contributed by atoms with Crippen LogP contribution in [0.15, 0.2) is 42.6 Å². The fourth-order valence-corrected chi connectivity index (χ4v) is 3.44. The van der Waals surface area contributed by atoms with Crippen LogP contribution in [0.2, 0.25) is 0 Å². The predicted molar refractivity (Wildman–Crippen MR) is 93.2 cm³/mol. The van der Waals surface area contributed by atoms with E-state index in [1.54, 1.807) is 6.20 Å². The van der Waals surface area contributed by atoms with Crippen molar-refractivity contribution in [3.05, 3.63) is 48.3 Å². The van der Waals surface area contributed by atoms with Gasteiger partial charge in [0.1, 0.15) is 0 Å². The molecule has 1 fully saturated rings. The minimum atomic E-state index is -0.602. The van der Waals surface area contributed by atoms with Crippen molar-refractivity contribution in [2.45, 2.75) is 19.3 Å². The van der Waals surface area contributed by atoms with E-state index in [0.29, 0.717) is 12.3 Å². The van der Waals surface area contributed by atoms with Crippen molar-refractivity contribution in [1.82, 2.24) is 4.98 Å². The molecule has 0 amide bonds. The highest BCUT2D eigenvalue weighted by Gasteiger charge is 2.43. The minimum absolute atomic E-state index is 0.249. The molecule has 0 radical (unpaired) electrons. The Morgan fingerprint density at radius 3 is 2.52 bits per heavy atom. The molecule has 25 heavy (non-hydrogen) atoms. The van der Waals surface area contributed by atoms with Crippen LogP contribution in [0.25, 0.3) is 5.57 Å². The highest BCUT2D eigenvalue weighted by Crippen LogP contribution is 2.43. The van der Waals surface area contributed by atoms with Crippen molar-refractivity contribution in [3.8, 4) is 0 Å². The number of rotatable bonds is 5. The Labute approximate surface area is 147 Å². The standard InChI is InChI=1S/C20H23NO4/c1-24-19(22)15-7-5-6-14(18(15)20(23)25-2)16(12-13-9-10-13)17-8-3-4-11-21-17/h3-6,8,11-15,18H,7,9-10H2,1-2H3/b16-12-. The van der Waals surface area contributed by atoms with Gasteiger partial charge < -0.3 is 9.47 Å². The van der Waals surface area contributed by atoms with Crippen LogP contribution in [-0.4, -0.2) is 31.1 Å². The van der Waals surface area contributed by atoms with Crippen LogP contribution >= 0.6 is 0 Å². The monoisotopic (exact) mass is 341 g/mol. The molecule has 2 aliphatic carbocycles. The maximum Gasteiger partial charge on any atom is 0.310 e. The summed E-state index contributed by atoms with van der Waals surface area (Å²) >= 11 is 0. The lowest BCUT2D eigenvalue weighted by Crippen LogP contribution is -2.38. The summed E-state index contributed by atoms with van der Waals surface area (Å²) in [5, 5.41) is 0. The van der Waals surface area contributed by atoms with Gasteiger partial charge >= 0.3 is 11.9 Å². The van der Waals surface area contributed by atoms with Gasteiger partial charge in [-0.3, -0.25) is 14.6 Å². The molecule has 1 saturated carbocycles. The lowest BCUT2D eigenvalue weighted by atomic mass is 9.71. The second-order valence-electron chi connectivity index (χ2n) is 6.54. The Hall–Kier alpha value is -2.43. The molecule has 2 aliphatic rings. The first kappa shape index (κ1) is 17.4. The average molecular weight is 341 g/mol. The zero-order valence-electron chi connectivity index (χ0n) is 14.6. The Morgan fingerprint density at radius 2 is 1.92 bits per heavy atom. The van der Waals surface area contributed by atoms with Crippen LogP contribution < -0.4 is 0 Å². The number of ether oxygens (including phenoxy) is 2. The highest BCUT2D eigenvalue weighted by atomic mass is 16.5. The Morgan fingerprint density at radius 1 is 1.16 bits per heavy atom. The van der Waals surface area contributed by atoms with E-state index in [1.807, 2.05) is 30.4 Å². The van der Waals surface area contributed by atoms with Gasteiger partial charge in [0.25, 0.3) is 0 Å². The molecule has 1 aromatic rings. The number of pyridine rings is 1. The largest absolute Gasteiger partial charge is 0.469 e. The van der Waals surface area contributed by atoms with E-state index in [2.05, 4.69) is 11.1 Å². The molecule has 0 bridgehead atoms. The molecular weight excluding hydrogens is 318 g/mol. The number of allylic oxidation sites excluding steroid dienone is 4. The number of hydrogen-bond donors (Lipinski definition) is 0. The van der Waals surface area contributed by atoms with Crippen molar-refractivity contribution in [3.63, 3.8) is 0 Å². The zero-order valence-corrected chi connectivity index (χ0v) is 14.6. The van der Waals surface area contributed by atoms with E-state index in [4.69, 9.17) is 9.47 Å². The van der Waals surface area contributed by atoms with E-state index < -0.39 is 11.8 Å². The first-order valence-electron chi connectivity index (χ1n) is 8.61. The molecule has 132 valence electrons. The van der Waals surface area contributed by atoms with Crippen LogP contribution in [-0.2, 0) is 19.1 Å². The van der Waals surface area contributed by atoms with Gasteiger partial charge in [-0.05, 0) is 42.9 Å². The number of methoxy groups -OCH3 is 2. The van der Waals surface area contributed by atoms with Gasteiger partial charge in [-0.15, -0.1) is 0 Å². The summed E-state index contributed by atoms with van der Waals surface area (Å²) in [7, 11) is 2.71. The number of hydrogen-bond acceptors (Lipinski definition) is 5. The smallest absolute Gasteiger partial charge is 0.310 e. The van der Waals surface area contributed by atoms with Gasteiger partial charge in [0.15, 0.2) is 0 Å². The third-order valence-corrected chi connectivity index (χ3v) is 4.89. The maximum absolute atomic E-state index is 12.5. The van der Waals surface area contributed by atoms with Gasteiger partial charge in [0, 0.05) is 12.1 Å². The van der Waals surface area contributed by atoms with Gasteiger partial charge in [-0.1, -0.05) is 24.3 Å². The molecule has 5 nitrogen and oxygen atoms in total. The van der Waals surface area contributed by atoms with Crippen molar-refractivity contribution in [2.24, 2.45) is 23.7 Å². The summed E-state index contributed by atoms with van der Waals surface area (Å²) in [6.45, 7) is 0. The Bertz CT molecular complexity index is 691. The van der Waals surface area contributed by atoms with Gasteiger partial charge in [0.05, 0.1) is 31.7 Å². The van der Waals surface area contributed by atoms with Crippen molar-refractivity contribution in [2.75, 3.05) is 14.2 Å². The number of carbonyl (C=O) groups is 2. The van der Waals surface area contributed by atoms with Crippen LogP contribution in [0.5, 0.6) is 0 Å². The number of carbonyl (C=O) groups excluding carboxylic acids is 2. The topological polar surface area (TPSA) is 65.5 Å². The molecule has 1 heterocycles. The quantitative estimate of drug-likeness (QED) is 0.608. The average Bonchev–Trinajstić information content (AvgIpc) is 3.49. The summed E-state index contributed by atoms with van der Waals surface area (Å²) in [6, 6.07) is 5.74. The summed E-state index contributed by atoms with van der Waals surface area (Å²) in [5.41, 5.74) is 1.83. The molecule has 0 N–H and O–H groups in total. The highest BCUT2D eigenvalue weighted by molar-refractivity contribution is 5.86. The molecular formula is C20H23NO4. The molecule has 3 rings (SSSR count). The van der Waals surface area contributed by atoms with Crippen molar-refractivity contribution < 1.29 is 19.1 Å². The third-order valence-electron chi connectivity index (χ3n) is 4.89. The van der Waals surface area contributed by atoms with Crippen molar-refractivity contribution >= 4 is 17.5 Å². The number of aromatic nitrogens is 1. The van der Waals surface area contributed by atoms with Crippen LogP contribution in [0.1, 0.15) is 25.0 Å². The van der Waals surface area contributed by atoms with E-state index >= 15 is 0 Å². The molecule has 3 atom stereocenters. The van der Waals surface area contributed by atoms with Gasteiger partial charge in [-0.25, -0.2) is 0 Å². The van der Waals surface area contributed by atoms with E-state index in [1.165, 1.54) is 14.2 Å². The lowest BCUT2D eigenvalue weighted by molar-refractivity contribution is -0.158. The SMILES string of the molecule is COC(=O)C1CC=CC(/C(=C/C2CC2)c2ccccn2)C1C(=O)OC. The Balaban J connectivity index is 2.03. The minimum Gasteiger partial charge on any atom is -0.469 e. The third kappa shape index (κ3) is 3.81. The lowest BCUT2D eigenvalue weighted by Gasteiger charge is -2.32. The maximum atomic E-state index is 12.5. The van der Waals surface area contributed by atoms with Crippen molar-refractivity contribution in [1.29, 1.82) is 0 Å². The van der Waals surface area contributed by atoms with E-state index in [-0.39, 0.29) is 17.9 Å². The second-order valence-corrected chi connectivity index (χ2v) is 6.54. The summed E-state index contributed by atoms with van der Waals surface area (Å²) in [4.78, 5) is 29.2. The normalized spacial score (nSPS) is 26.2. The van der Waals surface area contributed by atoms with Crippen LogP contribution in [0.3, 0.4) is 0 Å². The molecule has 3 unspecified atom stereocenters. The molecule has 5 heteroatoms. The number of nitrogens with zero attached hydrogens (tertiary/aromatic N) is 1. The molecule has 0 aromatic carbocycles. The predicted octanol–water partition coefficient (Wildman–Crippen LogP) is 3.03. The Kier molecular flexibility index (Phi) is 5.31. The first-order chi connectivity index (χ1) is 12.2. The fourth-order valence-electron chi connectivity index (χ4n) is 3.44. The molecule has 1 aromatic heterocycles. The van der Waals surface area contributed by atoms with Gasteiger partial charge in [-0.2, -0.15) is 0 Å². The van der Waals surface area contributed by atoms with E-state index in [9.17, 15) is 9.59 Å². The fraction of sp³-hybridized carbons (Fsp3) is 0.450. The zero-order chi connectivity index (χ0) is 17.8. The number of esters is 2. The molecule has 0 saturated heterocycles.